The van der Waals surface area contributed by atoms with Gasteiger partial charge in [0, 0.05) is 11.3 Å². The van der Waals surface area contributed by atoms with E-state index in [2.05, 4.69) is 22.8 Å². The summed E-state index contributed by atoms with van der Waals surface area (Å²) >= 11 is 13.0. The maximum atomic E-state index is 12.4. The van der Waals surface area contributed by atoms with Crippen molar-refractivity contribution in [3.63, 3.8) is 0 Å². The third-order valence-electron chi connectivity index (χ3n) is 3.85. The first-order chi connectivity index (χ1) is 13.6. The summed E-state index contributed by atoms with van der Waals surface area (Å²) in [5.41, 5.74) is 2.34. The third kappa shape index (κ3) is 5.32. The van der Waals surface area contributed by atoms with Gasteiger partial charge in [0.15, 0.2) is 5.11 Å². The molecule has 0 bridgehead atoms. The summed E-state index contributed by atoms with van der Waals surface area (Å²) in [6.45, 7) is 2.09. The zero-order valence-electron chi connectivity index (χ0n) is 15.2. The molecule has 0 radical (unpaired) electrons. The molecule has 7 heteroatoms. The molecule has 144 valence electrons. The van der Waals surface area contributed by atoms with Crippen LogP contribution >= 0.6 is 35.2 Å². The van der Waals surface area contributed by atoms with Crippen LogP contribution in [0.5, 0.6) is 0 Å². The van der Waals surface area contributed by atoms with Crippen molar-refractivity contribution in [1.82, 2.24) is 0 Å². The monoisotopic (exact) mass is 430 g/mol. The maximum absolute atomic E-state index is 12.4. The number of halogens is 1. The van der Waals surface area contributed by atoms with Crippen molar-refractivity contribution in [2.24, 2.45) is 0 Å². The molecule has 0 unspecified atom stereocenters. The summed E-state index contributed by atoms with van der Waals surface area (Å²) < 4.78 is 5.19. The first-order valence-electron chi connectivity index (χ1n) is 8.73. The summed E-state index contributed by atoms with van der Waals surface area (Å²) in [5.74, 6) is -0.374. The zero-order chi connectivity index (χ0) is 19.9. The number of hydrogen-bond acceptors (Lipinski definition) is 4. The van der Waals surface area contributed by atoms with Gasteiger partial charge in [-0.15, -0.1) is 11.3 Å². The van der Waals surface area contributed by atoms with Crippen LogP contribution in [0.1, 0.15) is 27.7 Å². The van der Waals surface area contributed by atoms with Crippen molar-refractivity contribution >= 4 is 56.9 Å². The van der Waals surface area contributed by atoms with Crippen LogP contribution in [0.2, 0.25) is 5.02 Å². The lowest BCUT2D eigenvalue weighted by Gasteiger charge is -2.11. The normalized spacial score (nSPS) is 10.4. The highest BCUT2D eigenvalue weighted by Gasteiger charge is 2.18. The minimum absolute atomic E-state index is 0.310. The number of benzene rings is 2. The number of carbonyl (C=O) groups is 1. The van der Waals surface area contributed by atoms with Crippen LogP contribution in [-0.4, -0.2) is 17.7 Å². The number of thiophene rings is 1. The molecule has 0 aliphatic carbocycles. The number of rotatable bonds is 6. The van der Waals surface area contributed by atoms with Crippen LogP contribution in [0, 0.1) is 0 Å². The van der Waals surface area contributed by atoms with Crippen molar-refractivity contribution in [2.45, 2.75) is 13.3 Å². The van der Waals surface area contributed by atoms with E-state index in [4.69, 9.17) is 28.6 Å². The summed E-state index contributed by atoms with van der Waals surface area (Å²) in [4.78, 5) is 13.4. The van der Waals surface area contributed by atoms with Gasteiger partial charge in [0.25, 0.3) is 0 Å². The van der Waals surface area contributed by atoms with E-state index in [9.17, 15) is 4.79 Å². The molecule has 0 saturated carbocycles. The van der Waals surface area contributed by atoms with Gasteiger partial charge in [-0.2, -0.15) is 0 Å². The van der Waals surface area contributed by atoms with Crippen molar-refractivity contribution in [1.29, 1.82) is 0 Å². The summed E-state index contributed by atoms with van der Waals surface area (Å²) in [5, 5.41) is 7.73. The molecule has 0 aliphatic rings. The minimum atomic E-state index is -0.374. The van der Waals surface area contributed by atoms with Gasteiger partial charge in [-0.25, -0.2) is 4.79 Å². The Morgan fingerprint density at radius 3 is 2.54 bits per heavy atom. The fourth-order valence-corrected chi connectivity index (χ4v) is 4.14. The van der Waals surface area contributed by atoms with Gasteiger partial charge in [0.2, 0.25) is 0 Å². The Hall–Kier alpha value is -2.41. The highest BCUT2D eigenvalue weighted by molar-refractivity contribution is 7.80. The number of hydrogen-bond donors (Lipinski definition) is 2. The van der Waals surface area contributed by atoms with Crippen molar-refractivity contribution in [2.75, 3.05) is 17.2 Å². The molecule has 0 atom stereocenters. The second kappa shape index (κ2) is 9.68. The maximum Gasteiger partial charge on any atom is 0.341 e. The topological polar surface area (TPSA) is 50.4 Å². The van der Waals surface area contributed by atoms with Crippen molar-refractivity contribution in [3.05, 3.63) is 81.7 Å². The van der Waals surface area contributed by atoms with E-state index in [0.29, 0.717) is 33.0 Å². The Bertz CT molecular complexity index is 974. The van der Waals surface area contributed by atoms with E-state index in [1.165, 1.54) is 16.9 Å². The van der Waals surface area contributed by atoms with Crippen LogP contribution in [0.4, 0.5) is 10.7 Å². The van der Waals surface area contributed by atoms with Gasteiger partial charge >= 0.3 is 5.97 Å². The predicted octanol–water partition coefficient (Wildman–Crippen LogP) is 5.98. The largest absolute Gasteiger partial charge is 0.462 e. The summed E-state index contributed by atoms with van der Waals surface area (Å²) in [7, 11) is 0. The fraction of sp³-hybridized carbons (Fsp3) is 0.143. The highest BCUT2D eigenvalue weighted by Crippen LogP contribution is 2.31. The van der Waals surface area contributed by atoms with E-state index in [-0.39, 0.29) is 5.97 Å². The van der Waals surface area contributed by atoms with E-state index in [1.54, 1.807) is 13.0 Å². The molecule has 1 heterocycles. The number of nitrogens with one attached hydrogen (secondary N) is 2. The SMILES string of the molecule is CCOC(=O)c1cc(Cc2ccccc2)sc1NC(=S)Nc1ccccc1Cl. The fourth-order valence-electron chi connectivity index (χ4n) is 2.60. The number of esters is 1. The van der Waals surface area contributed by atoms with Crippen LogP contribution in [0.3, 0.4) is 0 Å². The van der Waals surface area contributed by atoms with Crippen molar-refractivity contribution in [3.8, 4) is 0 Å². The van der Waals surface area contributed by atoms with Gasteiger partial charge in [-0.1, -0.05) is 54.1 Å². The van der Waals surface area contributed by atoms with E-state index < -0.39 is 0 Å². The second-order valence-corrected chi connectivity index (χ2v) is 7.85. The molecule has 3 rings (SSSR count). The molecule has 0 aliphatic heterocycles. The molecular weight excluding hydrogens is 412 g/mol. The molecular formula is C21H19ClN2O2S2. The lowest BCUT2D eigenvalue weighted by atomic mass is 10.1. The molecule has 0 saturated heterocycles. The minimum Gasteiger partial charge on any atom is -0.462 e. The first-order valence-corrected chi connectivity index (χ1v) is 10.3. The summed E-state index contributed by atoms with van der Waals surface area (Å²) in [6, 6.07) is 19.3. The number of anilines is 2. The molecule has 0 amide bonds. The van der Waals surface area contributed by atoms with Gasteiger partial charge in [-0.05, 0) is 42.9 Å². The number of carbonyl (C=O) groups excluding carboxylic acids is 1. The van der Waals surface area contributed by atoms with Gasteiger partial charge in [0.05, 0.1) is 22.9 Å². The van der Waals surface area contributed by atoms with Gasteiger partial charge in [-0.3, -0.25) is 0 Å². The highest BCUT2D eigenvalue weighted by atomic mass is 35.5. The smallest absolute Gasteiger partial charge is 0.341 e. The van der Waals surface area contributed by atoms with Crippen LogP contribution < -0.4 is 10.6 Å². The Kier molecular flexibility index (Phi) is 7.03. The standard InChI is InChI=1S/C21H19ClN2O2S2/c1-2-26-20(25)16-13-15(12-14-8-4-3-5-9-14)28-19(16)24-21(27)23-18-11-7-6-10-17(18)22/h3-11,13H,2,12H2,1H3,(H2,23,24,27). The lowest BCUT2D eigenvalue weighted by molar-refractivity contribution is 0.0528. The average Bonchev–Trinajstić information content (AvgIpc) is 3.07. The molecule has 0 fully saturated rings. The molecule has 1 aromatic heterocycles. The van der Waals surface area contributed by atoms with Crippen molar-refractivity contribution < 1.29 is 9.53 Å². The molecule has 28 heavy (non-hydrogen) atoms. The third-order valence-corrected chi connectivity index (χ3v) is 5.43. The molecule has 0 spiro atoms. The van der Waals surface area contributed by atoms with Gasteiger partial charge in [0.1, 0.15) is 5.00 Å². The number of ether oxygens (including phenoxy) is 1. The molecule has 2 N–H and O–H groups in total. The van der Waals surface area contributed by atoms with E-state index in [1.807, 2.05) is 42.5 Å². The van der Waals surface area contributed by atoms with Crippen LogP contribution in [0.25, 0.3) is 0 Å². The molecule has 4 nitrogen and oxygen atoms in total. The van der Waals surface area contributed by atoms with Crippen LogP contribution in [0.15, 0.2) is 60.7 Å². The van der Waals surface area contributed by atoms with Gasteiger partial charge < -0.3 is 15.4 Å². The quantitative estimate of drug-likeness (QED) is 0.372. The molecule has 3 aromatic rings. The zero-order valence-corrected chi connectivity index (χ0v) is 17.6. The lowest BCUT2D eigenvalue weighted by Crippen LogP contribution is -2.20. The number of thiocarbonyl (C=S) groups is 1. The predicted molar refractivity (Wildman–Crippen MR) is 121 cm³/mol. The Morgan fingerprint density at radius 2 is 1.82 bits per heavy atom. The Balaban J connectivity index is 1.80. The Labute approximate surface area is 178 Å². The van der Waals surface area contributed by atoms with Crippen LogP contribution in [-0.2, 0) is 11.2 Å². The van der Waals surface area contributed by atoms with E-state index >= 15 is 0 Å². The Morgan fingerprint density at radius 1 is 1.11 bits per heavy atom. The average molecular weight is 431 g/mol. The van der Waals surface area contributed by atoms with E-state index in [0.717, 1.165) is 11.3 Å². The summed E-state index contributed by atoms with van der Waals surface area (Å²) in [6.07, 6.45) is 0.726. The number of para-hydroxylation sites is 1. The molecule has 2 aromatic carbocycles. The first kappa shape index (κ1) is 20.3. The second-order valence-electron chi connectivity index (χ2n) is 5.90.